The Morgan fingerprint density at radius 1 is 0.971 bits per heavy atom. The van der Waals surface area contributed by atoms with Crippen LogP contribution in [0.2, 0.25) is 10.0 Å². The molecular weight excluding hydrogens is 465 g/mol. The number of nitrogens with zero attached hydrogens (tertiary/aromatic N) is 2. The van der Waals surface area contributed by atoms with Crippen LogP contribution in [0.25, 0.3) is 0 Å². The number of carbonyl (C=O) groups is 1. The second-order valence-electron chi connectivity index (χ2n) is 8.43. The zero-order valence-electron chi connectivity index (χ0n) is 19.9. The zero-order chi connectivity index (χ0) is 24.3. The number of hydrogen-bond donors (Lipinski definition) is 1. The summed E-state index contributed by atoms with van der Waals surface area (Å²) in [5, 5.41) is 4.42. The Morgan fingerprint density at radius 2 is 1.65 bits per heavy atom. The Kier molecular flexibility index (Phi) is 10.4. The maximum atomic E-state index is 12.7. The molecule has 0 fully saturated rings. The highest BCUT2D eigenvalue weighted by Crippen LogP contribution is 2.30. The van der Waals surface area contributed by atoms with Gasteiger partial charge in [0, 0.05) is 47.4 Å². The topological polar surface area (TPSA) is 45.2 Å². The molecule has 1 heterocycles. The zero-order valence-corrected chi connectivity index (χ0v) is 21.4. The number of amides is 1. The molecule has 0 aliphatic carbocycles. The van der Waals surface area contributed by atoms with Gasteiger partial charge in [-0.05, 0) is 73.5 Å². The van der Waals surface area contributed by atoms with E-state index >= 15 is 0 Å². The van der Waals surface area contributed by atoms with Crippen molar-refractivity contribution < 1.29 is 4.79 Å². The van der Waals surface area contributed by atoms with Gasteiger partial charge in [0.05, 0.1) is 5.56 Å². The predicted molar refractivity (Wildman–Crippen MR) is 142 cm³/mol. The first kappa shape index (κ1) is 26.2. The average molecular weight is 498 g/mol. The van der Waals surface area contributed by atoms with Gasteiger partial charge in [-0.15, -0.1) is 0 Å². The molecule has 2 aromatic carbocycles. The molecule has 180 valence electrons. The van der Waals surface area contributed by atoms with Gasteiger partial charge in [-0.2, -0.15) is 0 Å². The maximum Gasteiger partial charge on any atom is 0.252 e. The van der Waals surface area contributed by atoms with E-state index in [1.54, 1.807) is 6.20 Å². The van der Waals surface area contributed by atoms with Crippen molar-refractivity contribution in [3.8, 4) is 0 Å². The van der Waals surface area contributed by atoms with Crippen molar-refractivity contribution in [1.82, 2.24) is 15.2 Å². The summed E-state index contributed by atoms with van der Waals surface area (Å²) in [6.07, 6.45) is 4.43. The van der Waals surface area contributed by atoms with Gasteiger partial charge >= 0.3 is 0 Å². The number of rotatable bonds is 12. The summed E-state index contributed by atoms with van der Waals surface area (Å²) < 4.78 is 0. The van der Waals surface area contributed by atoms with Crippen LogP contribution in [0.5, 0.6) is 0 Å². The summed E-state index contributed by atoms with van der Waals surface area (Å²) in [5.41, 5.74) is 3.78. The molecule has 0 radical (unpaired) electrons. The van der Waals surface area contributed by atoms with Crippen molar-refractivity contribution in [2.45, 2.75) is 39.0 Å². The Bertz CT molecular complexity index is 1010. The van der Waals surface area contributed by atoms with Gasteiger partial charge in [-0.1, -0.05) is 61.3 Å². The van der Waals surface area contributed by atoms with E-state index in [2.05, 4.69) is 41.2 Å². The minimum absolute atomic E-state index is 0.0721. The number of nitrogens with one attached hydrogen (secondary N) is 1. The highest BCUT2D eigenvalue weighted by molar-refractivity contribution is 6.31. The first-order valence-electron chi connectivity index (χ1n) is 12.0. The maximum absolute atomic E-state index is 12.7. The van der Waals surface area contributed by atoms with Crippen LogP contribution in [0.3, 0.4) is 0 Å². The molecule has 0 spiro atoms. The Morgan fingerprint density at radius 3 is 2.18 bits per heavy atom. The number of benzene rings is 2. The minimum atomic E-state index is -0.115. The highest BCUT2D eigenvalue weighted by atomic mass is 35.5. The fraction of sp³-hybridized carbons (Fsp3) is 0.357. The summed E-state index contributed by atoms with van der Waals surface area (Å²) in [4.78, 5) is 19.6. The van der Waals surface area contributed by atoms with Crippen molar-refractivity contribution in [1.29, 1.82) is 0 Å². The summed E-state index contributed by atoms with van der Waals surface area (Å²) >= 11 is 12.5. The van der Waals surface area contributed by atoms with E-state index in [1.165, 1.54) is 0 Å². The van der Waals surface area contributed by atoms with Crippen LogP contribution in [-0.2, 0) is 6.42 Å². The average Bonchev–Trinajstić information content (AvgIpc) is 2.84. The van der Waals surface area contributed by atoms with Crippen LogP contribution < -0.4 is 5.32 Å². The second-order valence-corrected chi connectivity index (χ2v) is 9.30. The van der Waals surface area contributed by atoms with Crippen LogP contribution in [0.15, 0.2) is 66.9 Å². The molecule has 0 unspecified atom stereocenters. The van der Waals surface area contributed by atoms with E-state index in [-0.39, 0.29) is 11.8 Å². The summed E-state index contributed by atoms with van der Waals surface area (Å²) in [7, 11) is 0. The Balaban J connectivity index is 1.59. The number of carbonyl (C=O) groups excluding carboxylic acids is 1. The van der Waals surface area contributed by atoms with E-state index in [0.29, 0.717) is 22.2 Å². The third-order valence-corrected chi connectivity index (χ3v) is 6.45. The molecule has 0 saturated carbocycles. The fourth-order valence-corrected chi connectivity index (χ4v) is 4.53. The largest absolute Gasteiger partial charge is 0.352 e. The first-order chi connectivity index (χ1) is 16.5. The summed E-state index contributed by atoms with van der Waals surface area (Å²) in [6, 6.07) is 19.5. The molecule has 4 nitrogen and oxygen atoms in total. The molecule has 1 aromatic heterocycles. The number of aromatic nitrogens is 1. The quantitative estimate of drug-likeness (QED) is 0.306. The summed E-state index contributed by atoms with van der Waals surface area (Å²) in [5.74, 6) is -0.0426. The Labute approximate surface area is 213 Å². The molecule has 0 aliphatic rings. The van der Waals surface area contributed by atoms with Gasteiger partial charge in [0.15, 0.2) is 0 Å². The van der Waals surface area contributed by atoms with E-state index < -0.39 is 0 Å². The van der Waals surface area contributed by atoms with Crippen LogP contribution in [0, 0.1) is 0 Å². The van der Waals surface area contributed by atoms with Gasteiger partial charge in [0.1, 0.15) is 0 Å². The van der Waals surface area contributed by atoms with E-state index in [0.717, 1.165) is 55.7 Å². The van der Waals surface area contributed by atoms with Crippen molar-refractivity contribution >= 4 is 29.1 Å². The lowest BCUT2D eigenvalue weighted by Crippen LogP contribution is -2.27. The summed E-state index contributed by atoms with van der Waals surface area (Å²) in [6.45, 7) is 8.02. The number of likely N-dealkylation sites (N-methyl/N-ethyl adjacent to an activating group) is 1. The smallest absolute Gasteiger partial charge is 0.252 e. The SMILES string of the molecule is CCCN(CC)CCc1ccc(C(=O)NCCC(c2cccc(Cl)c2)c2cccc(Cl)c2)cn1. The molecule has 6 heteroatoms. The van der Waals surface area contributed by atoms with Crippen LogP contribution in [-0.4, -0.2) is 42.0 Å². The first-order valence-corrected chi connectivity index (χ1v) is 12.7. The lowest BCUT2D eigenvalue weighted by molar-refractivity contribution is 0.0952. The minimum Gasteiger partial charge on any atom is -0.352 e. The highest BCUT2D eigenvalue weighted by Gasteiger charge is 2.16. The van der Waals surface area contributed by atoms with Crippen LogP contribution >= 0.6 is 23.2 Å². The van der Waals surface area contributed by atoms with Gasteiger partial charge in [-0.3, -0.25) is 9.78 Å². The molecule has 0 saturated heterocycles. The number of pyridine rings is 1. The van der Waals surface area contributed by atoms with Crippen molar-refractivity contribution in [2.24, 2.45) is 0 Å². The third kappa shape index (κ3) is 7.83. The third-order valence-electron chi connectivity index (χ3n) is 5.98. The number of hydrogen-bond acceptors (Lipinski definition) is 3. The Hall–Kier alpha value is -2.40. The standard InChI is InChI=1S/C28H33Cl2N3O/c1-3-16-33(4-2)17-14-26-12-11-23(20-32-26)28(34)31-15-13-27(21-7-5-9-24(29)18-21)22-8-6-10-25(30)19-22/h5-12,18-20,27H,3-4,13-17H2,1-2H3,(H,31,34). The molecule has 1 N–H and O–H groups in total. The second kappa shape index (κ2) is 13.5. The lowest BCUT2D eigenvalue weighted by Gasteiger charge is -2.19. The van der Waals surface area contributed by atoms with Crippen molar-refractivity contribution in [3.05, 3.63) is 99.3 Å². The lowest BCUT2D eigenvalue weighted by atomic mass is 9.88. The molecule has 0 aliphatic heterocycles. The van der Waals surface area contributed by atoms with Gasteiger partial charge in [0.25, 0.3) is 5.91 Å². The predicted octanol–water partition coefficient (Wildman–Crippen LogP) is 6.61. The van der Waals surface area contributed by atoms with E-state index in [1.807, 2.05) is 48.5 Å². The molecule has 1 amide bonds. The van der Waals surface area contributed by atoms with Gasteiger partial charge < -0.3 is 10.2 Å². The van der Waals surface area contributed by atoms with Crippen LogP contribution in [0.4, 0.5) is 0 Å². The molecule has 3 rings (SSSR count). The van der Waals surface area contributed by atoms with Crippen LogP contribution in [0.1, 0.15) is 59.8 Å². The van der Waals surface area contributed by atoms with Gasteiger partial charge in [-0.25, -0.2) is 0 Å². The van der Waals surface area contributed by atoms with E-state index in [4.69, 9.17) is 23.2 Å². The van der Waals surface area contributed by atoms with E-state index in [9.17, 15) is 4.79 Å². The number of halogens is 2. The van der Waals surface area contributed by atoms with Gasteiger partial charge in [0.2, 0.25) is 0 Å². The van der Waals surface area contributed by atoms with Crippen molar-refractivity contribution in [2.75, 3.05) is 26.2 Å². The molecule has 0 bridgehead atoms. The molecule has 34 heavy (non-hydrogen) atoms. The molecule has 0 atom stereocenters. The normalized spacial score (nSPS) is 11.2. The monoisotopic (exact) mass is 497 g/mol. The molecule has 3 aromatic rings. The molecular formula is C28H33Cl2N3O. The fourth-order valence-electron chi connectivity index (χ4n) is 4.13. The van der Waals surface area contributed by atoms with Crippen molar-refractivity contribution in [3.63, 3.8) is 0 Å².